The van der Waals surface area contributed by atoms with Crippen molar-refractivity contribution in [3.8, 4) is 0 Å². The molecular formula is C17H27N5O2. The van der Waals surface area contributed by atoms with Gasteiger partial charge in [-0.15, -0.1) is 0 Å². The summed E-state index contributed by atoms with van der Waals surface area (Å²) in [4.78, 5) is 20.4. The predicted molar refractivity (Wildman–Crippen MR) is 92.9 cm³/mol. The Kier molecular flexibility index (Phi) is 5.18. The zero-order valence-electron chi connectivity index (χ0n) is 14.2. The van der Waals surface area contributed by atoms with Crippen molar-refractivity contribution in [1.29, 1.82) is 0 Å². The molecule has 1 amide bonds. The van der Waals surface area contributed by atoms with Crippen molar-refractivity contribution >= 4 is 17.7 Å². The van der Waals surface area contributed by atoms with Crippen molar-refractivity contribution in [2.45, 2.75) is 70.1 Å². The van der Waals surface area contributed by atoms with Crippen LogP contribution in [0.1, 0.15) is 62.2 Å². The molecule has 1 heterocycles. The van der Waals surface area contributed by atoms with Crippen LogP contribution in [0.5, 0.6) is 0 Å². The van der Waals surface area contributed by atoms with E-state index in [2.05, 4.69) is 27.5 Å². The average molecular weight is 333 g/mol. The maximum Gasteiger partial charge on any atom is 0.254 e. The Morgan fingerprint density at radius 1 is 1.29 bits per heavy atom. The highest BCUT2D eigenvalue weighted by atomic mass is 16.3. The summed E-state index contributed by atoms with van der Waals surface area (Å²) in [6, 6.07) is 0.508. The van der Waals surface area contributed by atoms with Crippen LogP contribution in [-0.2, 0) is 0 Å². The van der Waals surface area contributed by atoms with Crippen LogP contribution >= 0.6 is 0 Å². The Morgan fingerprint density at radius 2 is 2.00 bits per heavy atom. The summed E-state index contributed by atoms with van der Waals surface area (Å²) in [6.07, 6.45) is 8.35. The largest absolute Gasteiger partial charge is 0.393 e. The molecule has 1 aromatic heterocycles. The summed E-state index contributed by atoms with van der Waals surface area (Å²) in [5, 5.41) is 16.3. The van der Waals surface area contributed by atoms with Gasteiger partial charge in [-0.2, -0.15) is 4.98 Å². The number of aromatic nitrogens is 2. The summed E-state index contributed by atoms with van der Waals surface area (Å²) >= 11 is 0. The van der Waals surface area contributed by atoms with Crippen LogP contribution in [0.4, 0.5) is 11.8 Å². The lowest BCUT2D eigenvalue weighted by atomic mass is 9.80. The molecule has 5 N–H and O–H groups in total. The third kappa shape index (κ3) is 3.95. The van der Waals surface area contributed by atoms with Gasteiger partial charge in [0.15, 0.2) is 0 Å². The number of anilines is 2. The Balaban J connectivity index is 1.71. The van der Waals surface area contributed by atoms with Gasteiger partial charge in [-0.3, -0.25) is 4.79 Å². The molecule has 0 unspecified atom stereocenters. The fraction of sp³-hybridized carbons (Fsp3) is 0.706. The number of rotatable bonds is 6. The minimum Gasteiger partial charge on any atom is -0.393 e. The molecule has 132 valence electrons. The van der Waals surface area contributed by atoms with Crippen LogP contribution in [0, 0.1) is 5.92 Å². The fourth-order valence-corrected chi connectivity index (χ4v) is 3.42. The van der Waals surface area contributed by atoms with Gasteiger partial charge < -0.3 is 21.5 Å². The third-order valence-electron chi connectivity index (χ3n) is 5.31. The van der Waals surface area contributed by atoms with Gasteiger partial charge in [-0.25, -0.2) is 4.98 Å². The maximum atomic E-state index is 11.6. The number of carbonyl (C=O) groups excluding carboxylic acids is 1. The van der Waals surface area contributed by atoms with E-state index in [9.17, 15) is 9.90 Å². The average Bonchev–Trinajstić information content (AvgIpc) is 2.47. The van der Waals surface area contributed by atoms with E-state index in [1.165, 1.54) is 25.5 Å². The number of primary amides is 1. The molecule has 2 saturated carbocycles. The van der Waals surface area contributed by atoms with Gasteiger partial charge in [-0.1, -0.05) is 6.42 Å². The first-order chi connectivity index (χ1) is 11.5. The van der Waals surface area contributed by atoms with Crippen LogP contribution in [0.25, 0.3) is 0 Å². The molecule has 2 aliphatic rings. The van der Waals surface area contributed by atoms with Crippen LogP contribution < -0.4 is 16.4 Å². The molecule has 7 heteroatoms. The monoisotopic (exact) mass is 333 g/mol. The second kappa shape index (κ2) is 7.34. The zero-order valence-corrected chi connectivity index (χ0v) is 14.2. The highest BCUT2D eigenvalue weighted by Crippen LogP contribution is 2.31. The molecule has 1 atom stereocenters. The topological polar surface area (TPSA) is 113 Å². The summed E-state index contributed by atoms with van der Waals surface area (Å²) in [5.41, 5.74) is 5.78. The summed E-state index contributed by atoms with van der Waals surface area (Å²) < 4.78 is 0. The number of nitrogens with one attached hydrogen (secondary N) is 2. The molecule has 2 aliphatic carbocycles. The number of nitrogens with two attached hydrogens (primary N) is 1. The molecule has 0 aromatic carbocycles. The van der Waals surface area contributed by atoms with Gasteiger partial charge in [0.05, 0.1) is 11.7 Å². The van der Waals surface area contributed by atoms with Gasteiger partial charge in [-0.05, 0) is 51.4 Å². The Morgan fingerprint density at radius 3 is 2.58 bits per heavy atom. The van der Waals surface area contributed by atoms with Gasteiger partial charge in [0.2, 0.25) is 5.95 Å². The second-order valence-corrected chi connectivity index (χ2v) is 7.09. The molecule has 24 heavy (non-hydrogen) atoms. The van der Waals surface area contributed by atoms with E-state index in [1.54, 1.807) is 0 Å². The van der Waals surface area contributed by atoms with Crippen molar-refractivity contribution in [2.75, 3.05) is 10.6 Å². The molecule has 1 aromatic rings. The van der Waals surface area contributed by atoms with Gasteiger partial charge in [0.1, 0.15) is 5.82 Å². The quantitative estimate of drug-likeness (QED) is 0.632. The molecule has 3 rings (SSSR count). The van der Waals surface area contributed by atoms with Crippen molar-refractivity contribution in [1.82, 2.24) is 9.97 Å². The first-order valence-corrected chi connectivity index (χ1v) is 8.91. The second-order valence-electron chi connectivity index (χ2n) is 7.09. The number of nitrogens with zero attached hydrogens (tertiary/aromatic N) is 2. The zero-order chi connectivity index (χ0) is 17.1. The van der Waals surface area contributed by atoms with Crippen LogP contribution in [0.3, 0.4) is 0 Å². The van der Waals surface area contributed by atoms with Crippen molar-refractivity contribution in [2.24, 2.45) is 11.7 Å². The van der Waals surface area contributed by atoms with E-state index in [-0.39, 0.29) is 18.2 Å². The van der Waals surface area contributed by atoms with E-state index in [0.29, 0.717) is 23.2 Å². The highest BCUT2D eigenvalue weighted by Gasteiger charge is 2.26. The minimum absolute atomic E-state index is 0.193. The Hall–Kier alpha value is -1.89. The van der Waals surface area contributed by atoms with Crippen LogP contribution in [-0.4, -0.2) is 39.2 Å². The number of hydrogen-bond acceptors (Lipinski definition) is 6. The summed E-state index contributed by atoms with van der Waals surface area (Å²) in [6.45, 7) is 2.12. The lowest BCUT2D eigenvalue weighted by molar-refractivity contribution is 0.1000. The highest BCUT2D eigenvalue weighted by molar-refractivity contribution is 5.97. The number of aliphatic hydroxyl groups excluding tert-OH is 1. The van der Waals surface area contributed by atoms with Crippen molar-refractivity contribution in [3.63, 3.8) is 0 Å². The Bertz CT molecular complexity index is 582. The number of hydrogen-bond donors (Lipinski definition) is 4. The molecule has 0 bridgehead atoms. The number of amides is 1. The van der Waals surface area contributed by atoms with Crippen LogP contribution in [0.2, 0.25) is 0 Å². The summed E-state index contributed by atoms with van der Waals surface area (Å²) in [5.74, 6) is 1.11. The number of carbonyl (C=O) groups is 1. The molecular weight excluding hydrogens is 306 g/mol. The van der Waals surface area contributed by atoms with E-state index in [0.717, 1.165) is 25.7 Å². The van der Waals surface area contributed by atoms with Crippen molar-refractivity contribution in [3.05, 3.63) is 11.8 Å². The van der Waals surface area contributed by atoms with Gasteiger partial charge in [0, 0.05) is 18.3 Å². The van der Waals surface area contributed by atoms with Gasteiger partial charge >= 0.3 is 0 Å². The minimum atomic E-state index is -0.523. The smallest absolute Gasteiger partial charge is 0.254 e. The van der Waals surface area contributed by atoms with E-state index in [4.69, 9.17) is 5.73 Å². The molecule has 0 radical (unpaired) electrons. The van der Waals surface area contributed by atoms with Gasteiger partial charge in [0.25, 0.3) is 5.91 Å². The first kappa shape index (κ1) is 17.0. The molecule has 0 aliphatic heterocycles. The SMILES string of the molecule is C[C@H](Nc1nc(N[C@H]2CC[C@H](O)CC2)ncc1C(N)=O)C1CCC1. The lowest BCUT2D eigenvalue weighted by Crippen LogP contribution is -2.33. The van der Waals surface area contributed by atoms with Crippen LogP contribution in [0.15, 0.2) is 6.20 Å². The fourth-order valence-electron chi connectivity index (χ4n) is 3.42. The van der Waals surface area contributed by atoms with Crippen molar-refractivity contribution < 1.29 is 9.90 Å². The maximum absolute atomic E-state index is 11.6. The number of aliphatic hydroxyl groups is 1. The van der Waals surface area contributed by atoms with E-state index >= 15 is 0 Å². The summed E-state index contributed by atoms with van der Waals surface area (Å²) in [7, 11) is 0. The third-order valence-corrected chi connectivity index (χ3v) is 5.31. The molecule has 0 saturated heterocycles. The lowest BCUT2D eigenvalue weighted by Gasteiger charge is -2.32. The predicted octanol–water partition coefficient (Wildman–Crippen LogP) is 1.89. The Labute approximate surface area is 142 Å². The van der Waals surface area contributed by atoms with E-state index in [1.807, 2.05) is 0 Å². The standard InChI is InChI=1S/C17H27N5O2/c1-10(11-3-2-4-11)20-16-14(15(18)24)9-19-17(22-16)21-12-5-7-13(23)8-6-12/h9-13,23H,2-8H2,1H3,(H2,18,24)(H2,19,20,21,22)/t10-,12-,13-/m0/s1. The molecule has 7 nitrogen and oxygen atoms in total. The first-order valence-electron chi connectivity index (χ1n) is 8.91. The van der Waals surface area contributed by atoms with E-state index < -0.39 is 5.91 Å². The molecule has 0 spiro atoms. The molecule has 2 fully saturated rings. The normalized spacial score (nSPS) is 25.6.